The highest BCUT2D eigenvalue weighted by Gasteiger charge is 2.27. The van der Waals surface area contributed by atoms with Crippen LogP contribution in [0.2, 0.25) is 0 Å². The molecule has 1 N–H and O–H groups in total. The van der Waals surface area contributed by atoms with Crippen molar-refractivity contribution in [1.82, 2.24) is 0 Å². The minimum Gasteiger partial charge on any atom is -0.508 e. The van der Waals surface area contributed by atoms with Crippen LogP contribution < -0.4 is 0 Å². The van der Waals surface area contributed by atoms with Gasteiger partial charge in [-0.05, 0) is 54.2 Å². The Morgan fingerprint density at radius 3 is 2.62 bits per heavy atom. The second-order valence-electron chi connectivity index (χ2n) is 5.48. The topological polar surface area (TPSA) is 37.3 Å². The van der Waals surface area contributed by atoms with E-state index in [0.29, 0.717) is 0 Å². The van der Waals surface area contributed by atoms with Crippen LogP contribution in [0.1, 0.15) is 36.3 Å². The number of benzene rings is 2. The zero-order chi connectivity index (χ0) is 14.7. The highest BCUT2D eigenvalue weighted by molar-refractivity contribution is 6.04. The summed E-state index contributed by atoms with van der Waals surface area (Å²) in [7, 11) is 0. The zero-order valence-electron chi connectivity index (χ0n) is 11.8. The highest BCUT2D eigenvalue weighted by atomic mass is 16.3. The first-order valence-electron chi connectivity index (χ1n) is 7.33. The number of allylic oxidation sites excluding steroid dienone is 1. The minimum atomic E-state index is -0.0245. The number of hydrogen-bond acceptors (Lipinski definition) is 2. The Labute approximate surface area is 124 Å². The first kappa shape index (κ1) is 13.6. The van der Waals surface area contributed by atoms with Crippen LogP contribution in [0.25, 0.3) is 6.08 Å². The lowest BCUT2D eigenvalue weighted by Gasteiger charge is -2.23. The molecule has 1 fully saturated rings. The summed E-state index contributed by atoms with van der Waals surface area (Å²) in [5.74, 6) is 0.423. The summed E-state index contributed by atoms with van der Waals surface area (Å²) in [6, 6.07) is 17.0. The molecule has 3 rings (SSSR count). The number of rotatable bonds is 2. The molecule has 1 aliphatic carbocycles. The van der Waals surface area contributed by atoms with Gasteiger partial charge in [0.2, 0.25) is 0 Å². The second kappa shape index (κ2) is 5.96. The predicted molar refractivity (Wildman–Crippen MR) is 84.1 cm³/mol. The summed E-state index contributed by atoms with van der Waals surface area (Å²) < 4.78 is 0. The maximum absolute atomic E-state index is 12.7. The van der Waals surface area contributed by atoms with Crippen molar-refractivity contribution >= 4 is 11.9 Å². The van der Waals surface area contributed by atoms with Gasteiger partial charge >= 0.3 is 0 Å². The fraction of sp³-hybridized carbons (Fsp3) is 0.211. The number of Topliss-reactive ketones (excluding diaryl/α,β-unsaturated/α-hetero) is 1. The predicted octanol–water partition coefficient (Wildman–Crippen LogP) is 4.31. The van der Waals surface area contributed by atoms with E-state index in [1.807, 2.05) is 42.5 Å². The number of phenolic OH excluding ortho intramolecular Hbond substituents is 1. The maximum Gasteiger partial charge on any atom is 0.166 e. The van der Waals surface area contributed by atoms with E-state index in [0.717, 1.165) is 36.0 Å². The second-order valence-corrected chi connectivity index (χ2v) is 5.48. The van der Waals surface area contributed by atoms with E-state index in [2.05, 4.69) is 0 Å². The van der Waals surface area contributed by atoms with Gasteiger partial charge in [0.1, 0.15) is 5.75 Å². The first-order valence-corrected chi connectivity index (χ1v) is 7.33. The summed E-state index contributed by atoms with van der Waals surface area (Å²) in [6.07, 6.45) is 4.67. The Morgan fingerprint density at radius 1 is 1.05 bits per heavy atom. The molecule has 0 saturated heterocycles. The molecule has 0 spiro atoms. The van der Waals surface area contributed by atoms with Gasteiger partial charge < -0.3 is 5.11 Å². The molecule has 2 aromatic carbocycles. The standard InChI is InChI=1S/C19H18O2/c20-17-10-4-6-14(13-17)12-16-9-5-11-18(19(16)21)15-7-2-1-3-8-15/h1-4,6-8,10,12-13,18,20H,5,9,11H2/b16-12+/t18-/m0/s1. The molecule has 1 atom stereocenters. The molecule has 1 saturated carbocycles. The summed E-state index contributed by atoms with van der Waals surface area (Å²) in [6.45, 7) is 0. The molecule has 0 amide bonds. The smallest absolute Gasteiger partial charge is 0.166 e. The van der Waals surface area contributed by atoms with Crippen LogP contribution >= 0.6 is 0 Å². The molecule has 2 heteroatoms. The average molecular weight is 278 g/mol. The molecule has 2 aromatic rings. The van der Waals surface area contributed by atoms with E-state index >= 15 is 0 Å². The summed E-state index contributed by atoms with van der Waals surface area (Å²) in [5, 5.41) is 9.52. The van der Waals surface area contributed by atoms with Crippen LogP contribution in [0.3, 0.4) is 0 Å². The van der Waals surface area contributed by atoms with E-state index in [4.69, 9.17) is 0 Å². The Balaban J connectivity index is 1.89. The summed E-state index contributed by atoms with van der Waals surface area (Å²) >= 11 is 0. The molecule has 0 radical (unpaired) electrons. The Kier molecular flexibility index (Phi) is 3.87. The van der Waals surface area contributed by atoms with Gasteiger partial charge in [-0.3, -0.25) is 4.79 Å². The van der Waals surface area contributed by atoms with Crippen LogP contribution in [0.5, 0.6) is 5.75 Å². The third-order valence-corrected chi connectivity index (χ3v) is 3.98. The van der Waals surface area contributed by atoms with Crippen molar-refractivity contribution in [2.24, 2.45) is 0 Å². The Bertz CT molecular complexity index is 671. The third-order valence-electron chi connectivity index (χ3n) is 3.98. The number of hydrogen-bond donors (Lipinski definition) is 1. The lowest BCUT2D eigenvalue weighted by Crippen LogP contribution is -2.19. The number of ketones is 1. The molecule has 0 heterocycles. The van der Waals surface area contributed by atoms with Crippen molar-refractivity contribution in [3.63, 3.8) is 0 Å². The average Bonchev–Trinajstić information content (AvgIpc) is 2.50. The van der Waals surface area contributed by atoms with Crippen molar-refractivity contribution in [2.45, 2.75) is 25.2 Å². The normalized spacial score (nSPS) is 20.7. The van der Waals surface area contributed by atoms with Gasteiger partial charge in [0.25, 0.3) is 0 Å². The van der Waals surface area contributed by atoms with Gasteiger partial charge in [-0.25, -0.2) is 0 Å². The van der Waals surface area contributed by atoms with E-state index in [9.17, 15) is 9.90 Å². The van der Waals surface area contributed by atoms with Gasteiger partial charge in [-0.1, -0.05) is 42.5 Å². The molecule has 21 heavy (non-hydrogen) atoms. The van der Waals surface area contributed by atoms with Crippen LogP contribution in [-0.2, 0) is 4.79 Å². The van der Waals surface area contributed by atoms with Gasteiger partial charge in [0.15, 0.2) is 5.78 Å². The van der Waals surface area contributed by atoms with Crippen LogP contribution in [-0.4, -0.2) is 10.9 Å². The van der Waals surface area contributed by atoms with E-state index in [1.54, 1.807) is 18.2 Å². The molecule has 0 unspecified atom stereocenters. The molecular weight excluding hydrogens is 260 g/mol. The lowest BCUT2D eigenvalue weighted by molar-refractivity contribution is -0.117. The number of carbonyl (C=O) groups excluding carboxylic acids is 1. The van der Waals surface area contributed by atoms with Gasteiger partial charge in [-0.2, -0.15) is 0 Å². The third kappa shape index (κ3) is 3.05. The lowest BCUT2D eigenvalue weighted by atomic mass is 9.79. The maximum atomic E-state index is 12.7. The highest BCUT2D eigenvalue weighted by Crippen LogP contribution is 2.33. The van der Waals surface area contributed by atoms with Crippen molar-refractivity contribution in [1.29, 1.82) is 0 Å². The van der Waals surface area contributed by atoms with Crippen LogP contribution in [0.15, 0.2) is 60.2 Å². The van der Waals surface area contributed by atoms with E-state index in [-0.39, 0.29) is 17.5 Å². The van der Waals surface area contributed by atoms with E-state index < -0.39 is 0 Å². The minimum absolute atomic E-state index is 0.0245. The largest absolute Gasteiger partial charge is 0.508 e. The zero-order valence-corrected chi connectivity index (χ0v) is 11.8. The fourth-order valence-corrected chi connectivity index (χ4v) is 2.94. The van der Waals surface area contributed by atoms with Gasteiger partial charge in [-0.15, -0.1) is 0 Å². The molecule has 0 aliphatic heterocycles. The fourth-order valence-electron chi connectivity index (χ4n) is 2.94. The number of phenols is 1. The van der Waals surface area contributed by atoms with Crippen molar-refractivity contribution < 1.29 is 9.90 Å². The number of aromatic hydroxyl groups is 1. The SMILES string of the molecule is O=C1/C(=C/c2cccc(O)c2)CCC[C@H]1c1ccccc1. The summed E-state index contributed by atoms with van der Waals surface area (Å²) in [4.78, 5) is 12.7. The molecular formula is C19H18O2. The first-order chi connectivity index (χ1) is 10.2. The van der Waals surface area contributed by atoms with Gasteiger partial charge in [0.05, 0.1) is 0 Å². The van der Waals surface area contributed by atoms with Crippen molar-refractivity contribution in [2.75, 3.05) is 0 Å². The molecule has 2 nitrogen and oxygen atoms in total. The molecule has 106 valence electrons. The van der Waals surface area contributed by atoms with E-state index in [1.165, 1.54) is 0 Å². The van der Waals surface area contributed by atoms with Crippen molar-refractivity contribution in [3.8, 4) is 5.75 Å². The Morgan fingerprint density at radius 2 is 1.86 bits per heavy atom. The van der Waals surface area contributed by atoms with Crippen LogP contribution in [0.4, 0.5) is 0 Å². The monoisotopic (exact) mass is 278 g/mol. The molecule has 0 aromatic heterocycles. The molecule has 0 bridgehead atoms. The Hall–Kier alpha value is -2.35. The summed E-state index contributed by atoms with van der Waals surface area (Å²) in [5.41, 5.74) is 2.84. The van der Waals surface area contributed by atoms with Gasteiger partial charge in [0, 0.05) is 5.92 Å². The van der Waals surface area contributed by atoms with Crippen molar-refractivity contribution in [3.05, 3.63) is 71.3 Å². The quantitative estimate of drug-likeness (QED) is 0.831. The molecule has 1 aliphatic rings. The van der Waals surface area contributed by atoms with Crippen LogP contribution in [0, 0.1) is 0 Å². The number of carbonyl (C=O) groups is 1.